The van der Waals surface area contributed by atoms with Gasteiger partial charge in [-0.1, -0.05) is 42.0 Å². The standard InChI is InChI=1S/C23H24N2O4S/c1-17-8-11-20(12-9-17)30(27,28)25(15-19-6-4-14-29-19)16-23(26)24-22-13-10-18-5-2-3-7-21(18)22/h2-9,11-12,14,22H,10,13,15-16H2,1H3,(H,24,26). The molecular weight excluding hydrogens is 400 g/mol. The van der Waals surface area contributed by atoms with Crippen LogP contribution >= 0.6 is 0 Å². The molecule has 6 nitrogen and oxygen atoms in total. The Balaban J connectivity index is 1.54. The Kier molecular flexibility index (Phi) is 5.74. The van der Waals surface area contributed by atoms with Crippen LogP contribution in [0.2, 0.25) is 0 Å². The van der Waals surface area contributed by atoms with E-state index in [1.165, 1.54) is 11.8 Å². The number of amides is 1. The highest BCUT2D eigenvalue weighted by Gasteiger charge is 2.30. The number of nitrogens with one attached hydrogen (secondary N) is 1. The van der Waals surface area contributed by atoms with Gasteiger partial charge in [0.2, 0.25) is 15.9 Å². The molecule has 3 aromatic rings. The maximum absolute atomic E-state index is 13.2. The number of hydrogen-bond acceptors (Lipinski definition) is 4. The van der Waals surface area contributed by atoms with Crippen molar-refractivity contribution in [2.24, 2.45) is 0 Å². The summed E-state index contributed by atoms with van der Waals surface area (Å²) >= 11 is 0. The third-order valence-electron chi connectivity index (χ3n) is 5.36. The molecule has 0 saturated carbocycles. The first-order chi connectivity index (χ1) is 14.4. The SMILES string of the molecule is Cc1ccc(S(=O)(=O)N(CC(=O)NC2CCc3ccccc32)Cc2ccco2)cc1. The smallest absolute Gasteiger partial charge is 0.243 e. The van der Waals surface area contributed by atoms with Gasteiger partial charge in [0.25, 0.3) is 0 Å². The molecule has 0 bridgehead atoms. The van der Waals surface area contributed by atoms with Crippen molar-refractivity contribution in [1.29, 1.82) is 0 Å². The Morgan fingerprint density at radius 3 is 2.60 bits per heavy atom. The Hall–Kier alpha value is -2.90. The summed E-state index contributed by atoms with van der Waals surface area (Å²) in [5.74, 6) is 0.142. The lowest BCUT2D eigenvalue weighted by molar-refractivity contribution is -0.122. The molecule has 1 aliphatic rings. The number of benzene rings is 2. The number of carbonyl (C=O) groups is 1. The van der Waals surface area contributed by atoms with Crippen molar-refractivity contribution < 1.29 is 17.6 Å². The molecule has 4 rings (SSSR count). The summed E-state index contributed by atoms with van der Waals surface area (Å²) in [5.41, 5.74) is 3.29. The first kappa shape index (κ1) is 20.4. The fourth-order valence-electron chi connectivity index (χ4n) is 3.77. The lowest BCUT2D eigenvalue weighted by Crippen LogP contribution is -2.41. The van der Waals surface area contributed by atoms with E-state index in [0.717, 1.165) is 28.3 Å². The molecule has 0 aliphatic heterocycles. The molecule has 1 unspecified atom stereocenters. The molecule has 2 aromatic carbocycles. The number of carbonyl (C=O) groups excluding carboxylic acids is 1. The zero-order chi connectivity index (χ0) is 21.1. The Labute approximate surface area is 176 Å². The van der Waals surface area contributed by atoms with Crippen LogP contribution < -0.4 is 5.32 Å². The van der Waals surface area contributed by atoms with Crippen LogP contribution in [-0.2, 0) is 27.8 Å². The number of rotatable bonds is 7. The second-order valence-electron chi connectivity index (χ2n) is 7.52. The van der Waals surface area contributed by atoms with E-state index in [9.17, 15) is 13.2 Å². The minimum atomic E-state index is -3.87. The zero-order valence-electron chi connectivity index (χ0n) is 16.7. The molecule has 1 aliphatic carbocycles. The minimum absolute atomic E-state index is 0.0160. The Morgan fingerprint density at radius 1 is 1.10 bits per heavy atom. The molecule has 1 heterocycles. The lowest BCUT2D eigenvalue weighted by atomic mass is 10.1. The molecule has 1 atom stereocenters. The third kappa shape index (κ3) is 4.32. The minimum Gasteiger partial charge on any atom is -0.468 e. The first-order valence-electron chi connectivity index (χ1n) is 9.90. The summed E-state index contributed by atoms with van der Waals surface area (Å²) in [6.07, 6.45) is 3.20. The van der Waals surface area contributed by atoms with Gasteiger partial charge < -0.3 is 9.73 Å². The van der Waals surface area contributed by atoms with Gasteiger partial charge in [0.15, 0.2) is 0 Å². The fourth-order valence-corrected chi connectivity index (χ4v) is 5.13. The van der Waals surface area contributed by atoms with Crippen LogP contribution in [0.5, 0.6) is 0 Å². The number of sulfonamides is 1. The van der Waals surface area contributed by atoms with Crippen LogP contribution in [0, 0.1) is 6.92 Å². The van der Waals surface area contributed by atoms with Gasteiger partial charge in [-0.2, -0.15) is 4.31 Å². The van der Waals surface area contributed by atoms with E-state index >= 15 is 0 Å². The zero-order valence-corrected chi connectivity index (χ0v) is 17.6. The predicted molar refractivity (Wildman–Crippen MR) is 113 cm³/mol. The molecule has 7 heteroatoms. The molecule has 0 fully saturated rings. The summed E-state index contributed by atoms with van der Waals surface area (Å²) in [5, 5.41) is 3.00. The van der Waals surface area contributed by atoms with Crippen LogP contribution in [0.1, 0.15) is 34.9 Å². The molecule has 1 amide bonds. The molecule has 0 radical (unpaired) electrons. The second-order valence-corrected chi connectivity index (χ2v) is 9.46. The summed E-state index contributed by atoms with van der Waals surface area (Å²) in [4.78, 5) is 13.0. The highest BCUT2D eigenvalue weighted by atomic mass is 32.2. The molecule has 1 aromatic heterocycles. The fraction of sp³-hybridized carbons (Fsp3) is 0.261. The van der Waals surface area contributed by atoms with Crippen LogP contribution in [-0.4, -0.2) is 25.2 Å². The summed E-state index contributed by atoms with van der Waals surface area (Å²) in [7, 11) is -3.87. The van der Waals surface area contributed by atoms with E-state index in [4.69, 9.17) is 4.42 Å². The van der Waals surface area contributed by atoms with E-state index in [1.807, 2.05) is 25.1 Å². The van der Waals surface area contributed by atoms with E-state index < -0.39 is 10.0 Å². The summed E-state index contributed by atoms with van der Waals surface area (Å²) in [6, 6.07) is 17.9. The Morgan fingerprint density at radius 2 is 1.87 bits per heavy atom. The summed E-state index contributed by atoms with van der Waals surface area (Å²) in [6.45, 7) is 1.59. The first-order valence-corrected chi connectivity index (χ1v) is 11.3. The van der Waals surface area contributed by atoms with Crippen LogP contribution in [0.25, 0.3) is 0 Å². The number of fused-ring (bicyclic) bond motifs is 1. The van der Waals surface area contributed by atoms with Crippen molar-refractivity contribution in [2.45, 2.75) is 37.2 Å². The quantitative estimate of drug-likeness (QED) is 0.629. The van der Waals surface area contributed by atoms with Gasteiger partial charge in [-0.3, -0.25) is 4.79 Å². The van der Waals surface area contributed by atoms with E-state index in [0.29, 0.717) is 5.76 Å². The average molecular weight is 425 g/mol. The maximum atomic E-state index is 13.2. The van der Waals surface area contributed by atoms with Gasteiger partial charge in [0.1, 0.15) is 5.76 Å². The number of hydrogen-bond donors (Lipinski definition) is 1. The van der Waals surface area contributed by atoms with E-state index in [-0.39, 0.29) is 29.9 Å². The van der Waals surface area contributed by atoms with E-state index in [2.05, 4.69) is 11.4 Å². The normalized spacial score (nSPS) is 15.9. The van der Waals surface area contributed by atoms with Crippen LogP contribution in [0.3, 0.4) is 0 Å². The predicted octanol–water partition coefficient (Wildman–Crippen LogP) is 3.58. The monoisotopic (exact) mass is 424 g/mol. The molecule has 156 valence electrons. The summed E-state index contributed by atoms with van der Waals surface area (Å²) < 4.78 is 33.0. The van der Waals surface area contributed by atoms with Crippen molar-refractivity contribution in [3.8, 4) is 0 Å². The average Bonchev–Trinajstić information content (AvgIpc) is 3.38. The van der Waals surface area contributed by atoms with Crippen molar-refractivity contribution in [2.75, 3.05) is 6.54 Å². The number of aryl methyl sites for hydroxylation is 2. The third-order valence-corrected chi connectivity index (χ3v) is 7.17. The van der Waals surface area contributed by atoms with Gasteiger partial charge in [0.05, 0.1) is 30.3 Å². The molecule has 1 N–H and O–H groups in total. The van der Waals surface area contributed by atoms with Crippen LogP contribution in [0.15, 0.2) is 76.2 Å². The molecule has 0 saturated heterocycles. The number of furan rings is 1. The number of nitrogens with zero attached hydrogens (tertiary/aromatic N) is 1. The van der Waals surface area contributed by atoms with Gasteiger partial charge in [-0.05, 0) is 55.2 Å². The largest absolute Gasteiger partial charge is 0.468 e. The van der Waals surface area contributed by atoms with Crippen molar-refractivity contribution >= 4 is 15.9 Å². The highest BCUT2D eigenvalue weighted by Crippen LogP contribution is 2.30. The topological polar surface area (TPSA) is 79.6 Å². The van der Waals surface area contributed by atoms with Crippen molar-refractivity contribution in [1.82, 2.24) is 9.62 Å². The van der Waals surface area contributed by atoms with Crippen molar-refractivity contribution in [3.63, 3.8) is 0 Å². The Bertz CT molecular complexity index is 1120. The highest BCUT2D eigenvalue weighted by molar-refractivity contribution is 7.89. The van der Waals surface area contributed by atoms with Gasteiger partial charge in [-0.15, -0.1) is 0 Å². The lowest BCUT2D eigenvalue weighted by Gasteiger charge is -2.22. The van der Waals surface area contributed by atoms with E-state index in [1.54, 1.807) is 36.4 Å². The van der Waals surface area contributed by atoms with Gasteiger partial charge in [-0.25, -0.2) is 8.42 Å². The van der Waals surface area contributed by atoms with Gasteiger partial charge in [0, 0.05) is 0 Å². The second kappa shape index (κ2) is 8.45. The molecule has 0 spiro atoms. The van der Waals surface area contributed by atoms with Crippen molar-refractivity contribution in [3.05, 3.63) is 89.4 Å². The molecule has 30 heavy (non-hydrogen) atoms. The van der Waals surface area contributed by atoms with Gasteiger partial charge >= 0.3 is 0 Å². The maximum Gasteiger partial charge on any atom is 0.243 e. The van der Waals surface area contributed by atoms with Crippen LogP contribution in [0.4, 0.5) is 0 Å². The molecular formula is C23H24N2O4S.